The molecule has 1 nitrogen and oxygen atoms in total. The maximum absolute atomic E-state index is 5.90. The van der Waals surface area contributed by atoms with Gasteiger partial charge in [-0.15, -0.1) is 0 Å². The summed E-state index contributed by atoms with van der Waals surface area (Å²) in [6.07, 6.45) is 16.7. The van der Waals surface area contributed by atoms with Crippen molar-refractivity contribution in [2.45, 2.75) is 90.9 Å². The average molecular weight is 319 g/mol. The monoisotopic (exact) mass is 318 g/mol. The van der Waals surface area contributed by atoms with Crippen LogP contribution in [0.2, 0.25) is 0 Å². The third kappa shape index (κ3) is 11.2. The van der Waals surface area contributed by atoms with Crippen LogP contribution in [0.5, 0.6) is 5.75 Å². The fourth-order valence-electron chi connectivity index (χ4n) is 3.06. The molecule has 132 valence electrons. The van der Waals surface area contributed by atoms with Crippen molar-refractivity contribution in [3.8, 4) is 5.75 Å². The summed E-state index contributed by atoms with van der Waals surface area (Å²) >= 11 is 0. The molecule has 0 aliphatic rings. The molecule has 23 heavy (non-hydrogen) atoms. The van der Waals surface area contributed by atoms with Crippen LogP contribution in [0.1, 0.15) is 90.9 Å². The first-order valence-corrected chi connectivity index (χ1v) is 10.0. The predicted octanol–water partition coefficient (Wildman–Crippen LogP) is 7.40. The average Bonchev–Trinajstić information content (AvgIpc) is 2.60. The van der Waals surface area contributed by atoms with Crippen LogP contribution in [0.15, 0.2) is 30.3 Å². The molecular weight excluding hydrogens is 280 g/mol. The van der Waals surface area contributed by atoms with Gasteiger partial charge in [0.1, 0.15) is 5.75 Å². The normalized spacial score (nSPS) is 12.3. The van der Waals surface area contributed by atoms with E-state index in [1.807, 2.05) is 30.3 Å². The number of rotatable bonds is 15. The zero-order valence-electron chi connectivity index (χ0n) is 15.6. The van der Waals surface area contributed by atoms with Gasteiger partial charge in [0.25, 0.3) is 0 Å². The van der Waals surface area contributed by atoms with Crippen LogP contribution < -0.4 is 4.74 Å². The Hall–Kier alpha value is -0.980. The number of para-hydroxylation sites is 1. The van der Waals surface area contributed by atoms with Crippen molar-refractivity contribution in [2.75, 3.05) is 6.61 Å². The van der Waals surface area contributed by atoms with Gasteiger partial charge in [-0.1, -0.05) is 103 Å². The lowest BCUT2D eigenvalue weighted by Crippen LogP contribution is -2.11. The summed E-state index contributed by atoms with van der Waals surface area (Å²) in [6.45, 7) is 5.45. The maximum atomic E-state index is 5.90. The number of hydrogen-bond acceptors (Lipinski definition) is 1. The molecule has 0 fully saturated rings. The molecule has 1 unspecified atom stereocenters. The lowest BCUT2D eigenvalue weighted by atomic mass is 9.98. The van der Waals surface area contributed by atoms with Crippen LogP contribution in [0, 0.1) is 5.92 Å². The molecular formula is C22H38O. The van der Waals surface area contributed by atoms with E-state index >= 15 is 0 Å². The van der Waals surface area contributed by atoms with E-state index in [4.69, 9.17) is 4.74 Å². The lowest BCUT2D eigenvalue weighted by molar-refractivity contribution is 0.232. The van der Waals surface area contributed by atoms with E-state index < -0.39 is 0 Å². The first-order chi connectivity index (χ1) is 11.4. The van der Waals surface area contributed by atoms with Crippen LogP contribution in [0.3, 0.4) is 0 Å². The molecule has 1 aromatic carbocycles. The minimum atomic E-state index is 0.712. The van der Waals surface area contributed by atoms with Crippen molar-refractivity contribution in [2.24, 2.45) is 5.92 Å². The highest BCUT2D eigenvalue weighted by molar-refractivity contribution is 5.20. The standard InChI is InChI=1S/C22H38O/c1-3-5-6-7-8-9-10-11-12-14-17-21(4-2)20-23-22-18-15-13-16-19-22/h13,15-16,18-19,21H,3-12,14,17,20H2,1-2H3. The van der Waals surface area contributed by atoms with Gasteiger partial charge in [0, 0.05) is 0 Å². The van der Waals surface area contributed by atoms with Crippen LogP contribution in [0.25, 0.3) is 0 Å². The van der Waals surface area contributed by atoms with Crippen molar-refractivity contribution < 1.29 is 4.74 Å². The SMILES string of the molecule is CCCCCCCCCCCCC(CC)COc1ccccc1. The van der Waals surface area contributed by atoms with Gasteiger partial charge < -0.3 is 4.74 Å². The van der Waals surface area contributed by atoms with Crippen molar-refractivity contribution in [1.82, 2.24) is 0 Å². The fraction of sp³-hybridized carbons (Fsp3) is 0.727. The van der Waals surface area contributed by atoms with E-state index in [9.17, 15) is 0 Å². The first-order valence-electron chi connectivity index (χ1n) is 10.0. The van der Waals surface area contributed by atoms with Crippen molar-refractivity contribution in [3.05, 3.63) is 30.3 Å². The lowest BCUT2D eigenvalue weighted by Gasteiger charge is -2.15. The van der Waals surface area contributed by atoms with E-state index in [2.05, 4.69) is 13.8 Å². The van der Waals surface area contributed by atoms with Crippen LogP contribution in [-0.2, 0) is 0 Å². The van der Waals surface area contributed by atoms with Gasteiger partial charge in [-0.3, -0.25) is 0 Å². The molecule has 0 aromatic heterocycles. The zero-order chi connectivity index (χ0) is 16.6. The highest BCUT2D eigenvalue weighted by Gasteiger charge is 2.07. The van der Waals surface area contributed by atoms with Crippen molar-refractivity contribution in [3.63, 3.8) is 0 Å². The second-order valence-corrected chi connectivity index (χ2v) is 6.87. The quantitative estimate of drug-likeness (QED) is 0.306. The van der Waals surface area contributed by atoms with E-state index in [-0.39, 0.29) is 0 Å². The Bertz CT molecular complexity index is 346. The summed E-state index contributed by atoms with van der Waals surface area (Å²) in [4.78, 5) is 0. The van der Waals surface area contributed by atoms with Gasteiger partial charge in [0.2, 0.25) is 0 Å². The number of unbranched alkanes of at least 4 members (excludes halogenated alkanes) is 9. The van der Waals surface area contributed by atoms with Gasteiger partial charge >= 0.3 is 0 Å². The van der Waals surface area contributed by atoms with Crippen molar-refractivity contribution in [1.29, 1.82) is 0 Å². The molecule has 0 radical (unpaired) electrons. The molecule has 0 saturated heterocycles. The molecule has 1 heteroatoms. The predicted molar refractivity (Wildman–Crippen MR) is 102 cm³/mol. The molecule has 0 amide bonds. The van der Waals surface area contributed by atoms with Crippen molar-refractivity contribution >= 4 is 0 Å². The Balaban J connectivity index is 1.94. The summed E-state index contributed by atoms with van der Waals surface area (Å²) in [5.41, 5.74) is 0. The largest absolute Gasteiger partial charge is 0.493 e. The van der Waals surface area contributed by atoms with Crippen LogP contribution in [0.4, 0.5) is 0 Å². The minimum absolute atomic E-state index is 0.712. The topological polar surface area (TPSA) is 9.23 Å². The molecule has 0 aliphatic heterocycles. The molecule has 1 atom stereocenters. The first kappa shape index (κ1) is 20.1. The Labute approximate surface area is 144 Å². The van der Waals surface area contributed by atoms with E-state index in [0.717, 1.165) is 12.4 Å². The summed E-state index contributed by atoms with van der Waals surface area (Å²) in [5.74, 6) is 1.72. The highest BCUT2D eigenvalue weighted by atomic mass is 16.5. The minimum Gasteiger partial charge on any atom is -0.493 e. The van der Waals surface area contributed by atoms with Gasteiger partial charge in [0.15, 0.2) is 0 Å². The molecule has 0 aliphatic carbocycles. The second kappa shape index (κ2) is 14.6. The smallest absolute Gasteiger partial charge is 0.119 e. The number of ether oxygens (including phenoxy) is 1. The fourth-order valence-corrected chi connectivity index (χ4v) is 3.06. The van der Waals surface area contributed by atoms with Crippen LogP contribution in [-0.4, -0.2) is 6.61 Å². The summed E-state index contributed by atoms with van der Waals surface area (Å²) < 4.78 is 5.90. The third-order valence-electron chi connectivity index (χ3n) is 4.77. The Morgan fingerprint density at radius 2 is 1.30 bits per heavy atom. The molecule has 0 spiro atoms. The zero-order valence-corrected chi connectivity index (χ0v) is 15.6. The third-order valence-corrected chi connectivity index (χ3v) is 4.77. The van der Waals surface area contributed by atoms with Gasteiger partial charge in [-0.2, -0.15) is 0 Å². The summed E-state index contributed by atoms with van der Waals surface area (Å²) in [6, 6.07) is 10.2. The molecule has 1 aromatic rings. The van der Waals surface area contributed by atoms with Gasteiger partial charge in [0.05, 0.1) is 6.61 Å². The summed E-state index contributed by atoms with van der Waals surface area (Å²) in [5, 5.41) is 0. The molecule has 1 rings (SSSR count). The van der Waals surface area contributed by atoms with Gasteiger partial charge in [-0.05, 0) is 24.5 Å². The molecule has 0 heterocycles. The molecule has 0 N–H and O–H groups in total. The Kier molecular flexibility index (Phi) is 12.7. The van der Waals surface area contributed by atoms with E-state index in [1.165, 1.54) is 77.0 Å². The van der Waals surface area contributed by atoms with Crippen LogP contribution >= 0.6 is 0 Å². The van der Waals surface area contributed by atoms with E-state index in [1.54, 1.807) is 0 Å². The molecule has 0 saturated carbocycles. The summed E-state index contributed by atoms with van der Waals surface area (Å²) in [7, 11) is 0. The Morgan fingerprint density at radius 3 is 1.87 bits per heavy atom. The van der Waals surface area contributed by atoms with E-state index in [0.29, 0.717) is 5.92 Å². The molecule has 0 bridgehead atoms. The maximum Gasteiger partial charge on any atom is 0.119 e. The highest BCUT2D eigenvalue weighted by Crippen LogP contribution is 2.18. The number of benzene rings is 1. The number of hydrogen-bond donors (Lipinski definition) is 0. The van der Waals surface area contributed by atoms with Gasteiger partial charge in [-0.25, -0.2) is 0 Å². The Morgan fingerprint density at radius 1 is 0.739 bits per heavy atom. The second-order valence-electron chi connectivity index (χ2n) is 6.87.